The van der Waals surface area contributed by atoms with Crippen molar-refractivity contribution in [2.45, 2.75) is 41.5 Å². The second-order valence-electron chi connectivity index (χ2n) is 13.9. The van der Waals surface area contributed by atoms with Gasteiger partial charge in [0.25, 0.3) is 0 Å². The van der Waals surface area contributed by atoms with Gasteiger partial charge < -0.3 is 9.80 Å². The molecule has 0 N–H and O–H groups in total. The van der Waals surface area contributed by atoms with E-state index in [-0.39, 0.29) is 0 Å². The fourth-order valence-electron chi connectivity index (χ4n) is 7.20. The number of hydrogen-bond acceptors (Lipinski definition) is 2. The Kier molecular flexibility index (Phi) is 9.65. The van der Waals surface area contributed by atoms with Crippen LogP contribution in [0.1, 0.15) is 34.7 Å². The van der Waals surface area contributed by atoms with Gasteiger partial charge >= 0.3 is 0 Å². The molecule has 0 amide bonds. The molecule has 7 rings (SSSR count). The molecular weight excluding hydrogens is 629 g/mol. The first-order valence-corrected chi connectivity index (χ1v) is 18.1. The lowest BCUT2D eigenvalue weighted by atomic mass is 9.88. The van der Waals surface area contributed by atoms with Crippen LogP contribution in [0.2, 0.25) is 0 Å². The van der Waals surface area contributed by atoms with Gasteiger partial charge in [-0.2, -0.15) is 0 Å². The largest absolute Gasteiger partial charge is 0.316 e. The molecule has 0 unspecified atom stereocenters. The fraction of sp³-hybridized carbons (Fsp3) is 0.120. The summed E-state index contributed by atoms with van der Waals surface area (Å²) in [5, 5.41) is 4.87. The van der Waals surface area contributed by atoms with Gasteiger partial charge in [-0.1, -0.05) is 126 Å². The first-order chi connectivity index (χ1) is 25.2. The van der Waals surface area contributed by atoms with E-state index in [1.165, 1.54) is 71.9 Å². The molecule has 2 nitrogen and oxygen atoms in total. The van der Waals surface area contributed by atoms with Crippen molar-refractivity contribution in [2.75, 3.05) is 9.80 Å². The highest BCUT2D eigenvalue weighted by Crippen LogP contribution is 2.47. The van der Waals surface area contributed by atoms with Crippen LogP contribution in [0.15, 0.2) is 170 Å². The lowest BCUT2D eigenvalue weighted by Gasteiger charge is -2.30. The summed E-state index contributed by atoms with van der Waals surface area (Å²) in [4.78, 5) is 4.74. The Labute approximate surface area is 309 Å². The van der Waals surface area contributed by atoms with Crippen LogP contribution in [-0.4, -0.2) is 0 Å². The van der Waals surface area contributed by atoms with Gasteiger partial charge in [0, 0.05) is 34.0 Å². The fourth-order valence-corrected chi connectivity index (χ4v) is 7.20. The molecule has 0 heterocycles. The molecule has 52 heavy (non-hydrogen) atoms. The number of benzene rings is 7. The predicted octanol–water partition coefficient (Wildman–Crippen LogP) is 14.5. The molecule has 0 aliphatic heterocycles. The van der Waals surface area contributed by atoms with E-state index in [1.807, 2.05) is 6.08 Å². The van der Waals surface area contributed by atoms with Crippen LogP contribution in [0.25, 0.3) is 32.7 Å². The number of hydrogen-bond donors (Lipinski definition) is 0. The summed E-state index contributed by atoms with van der Waals surface area (Å²) in [5.41, 5.74) is 15.5. The maximum Gasteiger partial charge on any atom is 0.0569 e. The van der Waals surface area contributed by atoms with Gasteiger partial charge in [-0.05, 0) is 129 Å². The van der Waals surface area contributed by atoms with Crippen LogP contribution in [0, 0.1) is 34.6 Å². The first kappa shape index (κ1) is 34.3. The zero-order valence-corrected chi connectivity index (χ0v) is 31.1. The van der Waals surface area contributed by atoms with Crippen LogP contribution in [0.3, 0.4) is 0 Å². The van der Waals surface area contributed by atoms with Gasteiger partial charge in [0.2, 0.25) is 0 Å². The quantitative estimate of drug-likeness (QED) is 0.141. The predicted molar refractivity (Wildman–Crippen MR) is 227 cm³/mol. The molecule has 0 atom stereocenters. The Bertz CT molecular complexity index is 2420. The molecule has 0 saturated heterocycles. The number of aryl methyl sites for hydroxylation is 5. The summed E-state index contributed by atoms with van der Waals surface area (Å²) < 4.78 is 0. The Morgan fingerprint density at radius 2 is 0.904 bits per heavy atom. The van der Waals surface area contributed by atoms with E-state index >= 15 is 0 Å². The van der Waals surface area contributed by atoms with Crippen molar-refractivity contribution in [3.05, 3.63) is 198 Å². The molecule has 0 aliphatic rings. The third-order valence-corrected chi connectivity index (χ3v) is 9.98. The summed E-state index contributed by atoms with van der Waals surface area (Å²) in [6.45, 7) is 16.9. The molecule has 0 bridgehead atoms. The lowest BCUT2D eigenvalue weighted by Crippen LogP contribution is -2.12. The average molecular weight is 675 g/mol. The second-order valence-corrected chi connectivity index (χ2v) is 13.9. The second kappa shape index (κ2) is 14.6. The van der Waals surface area contributed by atoms with Crippen molar-refractivity contribution in [2.24, 2.45) is 0 Å². The van der Waals surface area contributed by atoms with Gasteiger partial charge in [-0.3, -0.25) is 0 Å². The summed E-state index contributed by atoms with van der Waals surface area (Å²) in [5.74, 6) is 0. The highest BCUT2D eigenvalue weighted by atomic mass is 15.1. The Morgan fingerprint density at radius 1 is 0.500 bits per heavy atom. The van der Waals surface area contributed by atoms with E-state index in [2.05, 4.69) is 210 Å². The highest BCUT2D eigenvalue weighted by Gasteiger charge is 2.22. The topological polar surface area (TPSA) is 6.48 Å². The number of anilines is 5. The third-order valence-electron chi connectivity index (χ3n) is 9.98. The lowest BCUT2D eigenvalue weighted by molar-refractivity contribution is 1.25. The minimum absolute atomic E-state index is 1.12. The molecule has 0 aromatic heterocycles. The number of rotatable bonds is 9. The van der Waals surface area contributed by atoms with Crippen molar-refractivity contribution in [1.82, 2.24) is 0 Å². The Hall–Kier alpha value is -6.12. The summed E-state index contributed by atoms with van der Waals surface area (Å²) in [6, 6.07) is 49.0. The zero-order valence-electron chi connectivity index (χ0n) is 31.1. The first-order valence-electron chi connectivity index (χ1n) is 18.1. The van der Waals surface area contributed by atoms with E-state index in [0.717, 1.165) is 22.6 Å². The molecule has 7 aromatic carbocycles. The molecule has 256 valence electrons. The van der Waals surface area contributed by atoms with Crippen LogP contribution in [-0.2, 0) is 0 Å². The van der Waals surface area contributed by atoms with Crippen molar-refractivity contribution in [3.63, 3.8) is 0 Å². The van der Waals surface area contributed by atoms with E-state index in [0.29, 0.717) is 0 Å². The molecular formula is C50H46N2. The highest BCUT2D eigenvalue weighted by molar-refractivity contribution is 6.14. The number of fused-ring (bicyclic) bond motifs is 2. The van der Waals surface area contributed by atoms with Gasteiger partial charge in [0.1, 0.15) is 0 Å². The number of allylic oxidation sites excluding steroid dienone is 4. The minimum Gasteiger partial charge on any atom is -0.316 e. The van der Waals surface area contributed by atoms with Crippen molar-refractivity contribution >= 4 is 50.0 Å². The summed E-state index contributed by atoms with van der Waals surface area (Å²) in [7, 11) is 0. The van der Waals surface area contributed by atoms with E-state index in [1.54, 1.807) is 0 Å². The smallest absolute Gasteiger partial charge is 0.0569 e. The van der Waals surface area contributed by atoms with E-state index in [4.69, 9.17) is 0 Å². The number of nitrogens with zero attached hydrogens (tertiary/aromatic N) is 2. The standard InChI is InChI=1S/C50H46N2/c1-8-34(2)14-13-31-51(40-25-19-35(3)20-26-40)49-38(6)32-47(43-15-9-11-17-45(43)49)48-33-39(7)50(46-18-12-10-16-44(46)48)52(41-27-21-36(4)22-28-41)42-29-23-37(5)24-30-42/h8-33H,1H2,2-7H3/b31-13+,34-14-. The SMILES string of the molecule is C=C/C(C)=C\C=C\N(c1ccc(C)cc1)c1c(C)cc(-c2cc(C)c(N(c3ccc(C)cc3)c3ccc(C)cc3)c3ccccc23)c2ccccc12. The Balaban J connectivity index is 1.46. The van der Waals surface area contributed by atoms with Gasteiger partial charge in [0.05, 0.1) is 11.4 Å². The van der Waals surface area contributed by atoms with Gasteiger partial charge in [0.15, 0.2) is 0 Å². The normalized spacial score (nSPS) is 11.8. The molecule has 7 aromatic rings. The molecule has 0 fully saturated rings. The van der Waals surface area contributed by atoms with Crippen molar-refractivity contribution in [3.8, 4) is 11.1 Å². The molecule has 2 heteroatoms. The molecule has 0 radical (unpaired) electrons. The average Bonchev–Trinajstić information content (AvgIpc) is 3.16. The van der Waals surface area contributed by atoms with Crippen LogP contribution >= 0.6 is 0 Å². The summed E-state index contributed by atoms with van der Waals surface area (Å²) in [6.07, 6.45) is 8.27. The van der Waals surface area contributed by atoms with E-state index in [9.17, 15) is 0 Å². The summed E-state index contributed by atoms with van der Waals surface area (Å²) >= 11 is 0. The van der Waals surface area contributed by atoms with Gasteiger partial charge in [-0.25, -0.2) is 0 Å². The van der Waals surface area contributed by atoms with Crippen LogP contribution < -0.4 is 9.80 Å². The third kappa shape index (κ3) is 6.68. The zero-order chi connectivity index (χ0) is 36.4. The van der Waals surface area contributed by atoms with Crippen LogP contribution in [0.5, 0.6) is 0 Å². The monoisotopic (exact) mass is 674 g/mol. The Morgan fingerprint density at radius 3 is 1.37 bits per heavy atom. The van der Waals surface area contributed by atoms with Crippen molar-refractivity contribution in [1.29, 1.82) is 0 Å². The maximum atomic E-state index is 3.94. The van der Waals surface area contributed by atoms with Gasteiger partial charge in [-0.15, -0.1) is 0 Å². The van der Waals surface area contributed by atoms with E-state index < -0.39 is 0 Å². The maximum absolute atomic E-state index is 3.94. The molecule has 0 spiro atoms. The van der Waals surface area contributed by atoms with Crippen molar-refractivity contribution < 1.29 is 0 Å². The van der Waals surface area contributed by atoms with Crippen LogP contribution in [0.4, 0.5) is 28.4 Å². The minimum atomic E-state index is 1.12. The molecule has 0 aliphatic carbocycles. The molecule has 0 saturated carbocycles.